The number of fused-ring (bicyclic) bond motifs is 3. The molecule has 2 amide bonds. The van der Waals surface area contributed by atoms with Crippen molar-refractivity contribution >= 4 is 34.4 Å². The highest BCUT2D eigenvalue weighted by Crippen LogP contribution is 2.49. The van der Waals surface area contributed by atoms with Gasteiger partial charge in [0.25, 0.3) is 5.91 Å². The lowest BCUT2D eigenvalue weighted by Gasteiger charge is -2.39. The molecule has 3 aromatic rings. The molecule has 1 saturated heterocycles. The third-order valence-corrected chi connectivity index (χ3v) is 7.23. The number of likely N-dealkylation sites (tertiary alicyclic amines) is 1. The molecule has 36 heavy (non-hydrogen) atoms. The summed E-state index contributed by atoms with van der Waals surface area (Å²) in [5.74, 6) is -0.340. The fourth-order valence-corrected chi connectivity index (χ4v) is 5.61. The van der Waals surface area contributed by atoms with Gasteiger partial charge in [-0.3, -0.25) is 19.5 Å². The van der Waals surface area contributed by atoms with Gasteiger partial charge in [-0.15, -0.1) is 0 Å². The van der Waals surface area contributed by atoms with Crippen LogP contribution in [-0.4, -0.2) is 58.1 Å². The number of aryl methyl sites for hydroxylation is 1. The highest BCUT2D eigenvalue weighted by Gasteiger charge is 2.53. The van der Waals surface area contributed by atoms with Gasteiger partial charge in [0.1, 0.15) is 5.60 Å². The Kier molecular flexibility index (Phi) is 5.85. The minimum atomic E-state index is -0.681. The lowest BCUT2D eigenvalue weighted by atomic mass is 9.72. The highest BCUT2D eigenvalue weighted by atomic mass is 16.6. The minimum absolute atomic E-state index is 0.0160. The van der Waals surface area contributed by atoms with Crippen molar-refractivity contribution in [3.63, 3.8) is 0 Å². The number of hydrogen-bond donors (Lipinski definition) is 1. The van der Waals surface area contributed by atoms with Crippen molar-refractivity contribution in [2.24, 2.45) is 0 Å². The number of carbonyl (C=O) groups excluding carboxylic acids is 3. The summed E-state index contributed by atoms with van der Waals surface area (Å²) in [4.78, 5) is 43.1. The Morgan fingerprint density at radius 1 is 1.14 bits per heavy atom. The second-order valence-corrected chi connectivity index (χ2v) is 10.8. The molecule has 0 radical (unpaired) electrons. The molecule has 0 bridgehead atoms. The molecular weight excluding hydrogens is 456 g/mol. The number of carbonyl (C=O) groups is 3. The molecule has 2 aliphatic heterocycles. The van der Waals surface area contributed by atoms with Gasteiger partial charge in [-0.05, 0) is 75.9 Å². The van der Waals surface area contributed by atoms with Crippen LogP contribution in [0.15, 0.2) is 42.6 Å². The van der Waals surface area contributed by atoms with E-state index in [1.165, 1.54) is 0 Å². The van der Waals surface area contributed by atoms with E-state index in [2.05, 4.69) is 10.2 Å². The van der Waals surface area contributed by atoms with Gasteiger partial charge in [-0.2, -0.15) is 5.10 Å². The van der Waals surface area contributed by atoms with Crippen LogP contribution in [0.4, 0.5) is 5.69 Å². The maximum Gasteiger partial charge on any atom is 0.308 e. The molecular formula is C28H32N4O4. The first-order valence-corrected chi connectivity index (χ1v) is 12.5. The third-order valence-electron chi connectivity index (χ3n) is 7.23. The van der Waals surface area contributed by atoms with Gasteiger partial charge < -0.3 is 14.5 Å². The molecule has 0 saturated carbocycles. The first-order valence-electron chi connectivity index (χ1n) is 12.5. The predicted molar refractivity (Wildman–Crippen MR) is 137 cm³/mol. The highest BCUT2D eigenvalue weighted by molar-refractivity contribution is 6.09. The lowest BCUT2D eigenvalue weighted by Crippen LogP contribution is -2.50. The maximum atomic E-state index is 13.9. The number of anilines is 1. The van der Waals surface area contributed by atoms with Crippen LogP contribution in [0.1, 0.15) is 61.5 Å². The molecule has 1 spiro atoms. The molecule has 2 aromatic carbocycles. The Morgan fingerprint density at radius 3 is 2.61 bits per heavy atom. The Bertz CT molecular complexity index is 1350. The van der Waals surface area contributed by atoms with Gasteiger partial charge in [0.2, 0.25) is 5.91 Å². The monoisotopic (exact) mass is 488 g/mol. The van der Waals surface area contributed by atoms with Crippen LogP contribution in [0.5, 0.6) is 0 Å². The lowest BCUT2D eigenvalue weighted by molar-refractivity contribution is -0.154. The maximum absolute atomic E-state index is 13.9. The van der Waals surface area contributed by atoms with E-state index in [9.17, 15) is 14.4 Å². The molecule has 8 heteroatoms. The molecule has 0 aliphatic carbocycles. The molecule has 1 N–H and O–H groups in total. The average Bonchev–Trinajstić information content (AvgIpc) is 3.38. The van der Waals surface area contributed by atoms with E-state index in [0.29, 0.717) is 31.5 Å². The number of esters is 1. The van der Waals surface area contributed by atoms with Crippen LogP contribution >= 0.6 is 0 Å². The summed E-state index contributed by atoms with van der Waals surface area (Å²) in [6, 6.07) is 11.5. The standard InChI is InChI=1S/C28H32N4O4/c1-18-6-5-7-22-24(18)28(26(35)32(22)13-10-23(33)36-27(2,3)4)11-14-31(15-12-28)25(34)19-8-9-21-20(16-19)17-29-30-21/h5-9,16-17H,10-15H2,1-4H3,(H,29,30). The van der Waals surface area contributed by atoms with E-state index < -0.39 is 11.0 Å². The number of amides is 2. The van der Waals surface area contributed by atoms with Gasteiger partial charge in [0, 0.05) is 36.3 Å². The van der Waals surface area contributed by atoms with E-state index >= 15 is 0 Å². The van der Waals surface area contributed by atoms with Crippen LogP contribution < -0.4 is 4.90 Å². The summed E-state index contributed by atoms with van der Waals surface area (Å²) in [7, 11) is 0. The fraction of sp³-hybridized carbons (Fsp3) is 0.429. The van der Waals surface area contributed by atoms with Crippen LogP contribution in [-0.2, 0) is 19.7 Å². The van der Waals surface area contributed by atoms with Gasteiger partial charge in [-0.25, -0.2) is 0 Å². The quantitative estimate of drug-likeness (QED) is 0.558. The summed E-state index contributed by atoms with van der Waals surface area (Å²) >= 11 is 0. The van der Waals surface area contributed by atoms with E-state index in [0.717, 1.165) is 27.7 Å². The van der Waals surface area contributed by atoms with Crippen molar-refractivity contribution in [1.82, 2.24) is 15.1 Å². The van der Waals surface area contributed by atoms with Crippen molar-refractivity contribution in [3.8, 4) is 0 Å². The van der Waals surface area contributed by atoms with Gasteiger partial charge >= 0.3 is 5.97 Å². The van der Waals surface area contributed by atoms with Crippen molar-refractivity contribution in [1.29, 1.82) is 0 Å². The van der Waals surface area contributed by atoms with E-state index in [-0.39, 0.29) is 30.7 Å². The van der Waals surface area contributed by atoms with Gasteiger partial charge in [0.05, 0.1) is 23.5 Å². The Morgan fingerprint density at radius 2 is 1.89 bits per heavy atom. The zero-order chi connectivity index (χ0) is 25.7. The molecule has 0 atom stereocenters. The molecule has 8 nitrogen and oxygen atoms in total. The molecule has 1 aromatic heterocycles. The first-order chi connectivity index (χ1) is 17.1. The molecule has 2 aliphatic rings. The predicted octanol–water partition coefficient (Wildman–Crippen LogP) is 4.12. The Balaban J connectivity index is 1.35. The molecule has 1 fully saturated rings. The SMILES string of the molecule is Cc1cccc2c1C1(CCN(C(=O)c3ccc4[nH]ncc4c3)CC1)C(=O)N2CCC(=O)OC(C)(C)C. The number of aromatic amines is 1. The smallest absolute Gasteiger partial charge is 0.308 e. The summed E-state index contributed by atoms with van der Waals surface area (Å²) < 4.78 is 5.46. The minimum Gasteiger partial charge on any atom is -0.460 e. The fourth-order valence-electron chi connectivity index (χ4n) is 5.61. The first kappa shape index (κ1) is 24.0. The average molecular weight is 489 g/mol. The summed E-state index contributed by atoms with van der Waals surface area (Å²) in [5, 5.41) is 7.83. The Hall–Kier alpha value is -3.68. The number of nitrogens with zero attached hydrogens (tertiary/aromatic N) is 3. The van der Waals surface area contributed by atoms with E-state index in [1.807, 2.05) is 69.0 Å². The van der Waals surface area contributed by atoms with Gasteiger partial charge in [-0.1, -0.05) is 12.1 Å². The molecule has 0 unspecified atom stereocenters. The molecule has 3 heterocycles. The van der Waals surface area contributed by atoms with Crippen LogP contribution in [0.2, 0.25) is 0 Å². The van der Waals surface area contributed by atoms with Crippen molar-refractivity contribution in [2.75, 3.05) is 24.5 Å². The number of aromatic nitrogens is 2. The summed E-state index contributed by atoms with van der Waals surface area (Å²) in [6.07, 6.45) is 2.94. The van der Waals surface area contributed by atoms with E-state index in [1.54, 1.807) is 11.1 Å². The summed E-state index contributed by atoms with van der Waals surface area (Å²) in [6.45, 7) is 8.79. The van der Waals surface area contributed by atoms with Crippen molar-refractivity contribution < 1.29 is 19.1 Å². The third kappa shape index (κ3) is 4.14. The largest absolute Gasteiger partial charge is 0.460 e. The van der Waals surface area contributed by atoms with E-state index in [4.69, 9.17) is 4.74 Å². The number of ether oxygens (including phenoxy) is 1. The van der Waals surface area contributed by atoms with Crippen molar-refractivity contribution in [2.45, 2.75) is 58.0 Å². The second kappa shape index (κ2) is 8.76. The number of hydrogen-bond acceptors (Lipinski definition) is 5. The zero-order valence-electron chi connectivity index (χ0n) is 21.3. The van der Waals surface area contributed by atoms with Crippen LogP contribution in [0, 0.1) is 6.92 Å². The number of rotatable bonds is 4. The second-order valence-electron chi connectivity index (χ2n) is 10.8. The van der Waals surface area contributed by atoms with Crippen molar-refractivity contribution in [3.05, 3.63) is 59.3 Å². The zero-order valence-corrected chi connectivity index (χ0v) is 21.3. The topological polar surface area (TPSA) is 95.6 Å². The number of nitrogens with one attached hydrogen (secondary N) is 1. The van der Waals surface area contributed by atoms with Gasteiger partial charge in [0.15, 0.2) is 0 Å². The summed E-state index contributed by atoms with van der Waals surface area (Å²) in [5.41, 5.74) is 3.22. The number of H-pyrrole nitrogens is 1. The molecule has 188 valence electrons. The van der Waals surface area contributed by atoms with Crippen LogP contribution in [0.3, 0.4) is 0 Å². The Labute approximate surface area is 210 Å². The number of benzene rings is 2. The number of piperidine rings is 1. The van der Waals surface area contributed by atoms with Crippen LogP contribution in [0.25, 0.3) is 10.9 Å². The normalized spacial score (nSPS) is 17.1. The molecule has 5 rings (SSSR count).